The predicted molar refractivity (Wildman–Crippen MR) is 114 cm³/mol. The molecule has 0 saturated heterocycles. The lowest BCUT2D eigenvalue weighted by Gasteiger charge is -2.31. The van der Waals surface area contributed by atoms with Crippen molar-refractivity contribution in [3.63, 3.8) is 0 Å². The van der Waals surface area contributed by atoms with E-state index in [1.54, 1.807) is 0 Å². The highest BCUT2D eigenvalue weighted by Gasteiger charge is 2.57. The Balaban J connectivity index is 2.03. The number of benzene rings is 3. The number of hydrogen-bond acceptors (Lipinski definition) is 4. The van der Waals surface area contributed by atoms with E-state index in [-0.39, 0.29) is 5.57 Å². The highest BCUT2D eigenvalue weighted by atomic mass is 16.5. The number of aryl methyl sites for hydroxylation is 1. The molecule has 0 fully saturated rings. The zero-order valence-corrected chi connectivity index (χ0v) is 17.0. The first kappa shape index (κ1) is 18.4. The van der Waals surface area contributed by atoms with Gasteiger partial charge in [-0.15, -0.1) is 0 Å². The number of carbonyl (C=O) groups is 2. The molecular weight excluding hydrogens is 376 g/mol. The molecule has 0 N–H and O–H groups in total. The van der Waals surface area contributed by atoms with Gasteiger partial charge in [-0.25, -0.2) is 9.59 Å². The molecule has 148 valence electrons. The molecule has 0 amide bonds. The monoisotopic (exact) mass is 396 g/mol. The Morgan fingerprint density at radius 1 is 0.700 bits per heavy atom. The summed E-state index contributed by atoms with van der Waals surface area (Å²) in [6.45, 7) is 2.01. The summed E-state index contributed by atoms with van der Waals surface area (Å²) in [6.07, 6.45) is 0. The molecule has 3 aromatic carbocycles. The van der Waals surface area contributed by atoms with Crippen LogP contribution in [0.5, 0.6) is 0 Å². The molecule has 0 radical (unpaired) electrons. The second-order valence-electron chi connectivity index (χ2n) is 7.62. The number of hydrogen-bond donors (Lipinski definition) is 0. The van der Waals surface area contributed by atoms with Crippen LogP contribution < -0.4 is 0 Å². The molecule has 0 bridgehead atoms. The van der Waals surface area contributed by atoms with Crippen molar-refractivity contribution in [2.45, 2.75) is 12.3 Å². The SMILES string of the molecule is COC(=O)C1=C(C(=O)OC)C2(c3cc(C)ccc31)c1ccccc1-c1ccccc12. The van der Waals surface area contributed by atoms with Crippen LogP contribution in [0.1, 0.15) is 27.8 Å². The normalized spacial score (nSPS) is 14.9. The van der Waals surface area contributed by atoms with E-state index >= 15 is 0 Å². The fraction of sp³-hybridized carbons (Fsp3) is 0.154. The lowest BCUT2D eigenvalue weighted by Crippen LogP contribution is -2.32. The van der Waals surface area contributed by atoms with Crippen molar-refractivity contribution in [1.29, 1.82) is 0 Å². The standard InChI is InChI=1S/C26H20O4/c1-15-12-13-18-21(14-15)26(23(25(28)30-3)22(18)24(27)29-2)19-10-6-4-8-16(19)17-9-5-7-11-20(17)26/h4-14H,1-3H3. The van der Waals surface area contributed by atoms with Crippen LogP contribution in [0.15, 0.2) is 72.3 Å². The fourth-order valence-electron chi connectivity index (χ4n) is 5.11. The van der Waals surface area contributed by atoms with Crippen LogP contribution in [-0.2, 0) is 24.5 Å². The highest BCUT2D eigenvalue weighted by molar-refractivity contribution is 6.27. The van der Waals surface area contributed by atoms with E-state index in [2.05, 4.69) is 18.2 Å². The Bertz CT molecular complexity index is 1220. The maximum atomic E-state index is 13.3. The summed E-state index contributed by atoms with van der Waals surface area (Å²) in [6, 6.07) is 22.0. The minimum atomic E-state index is -0.925. The average molecular weight is 396 g/mol. The van der Waals surface area contributed by atoms with Crippen molar-refractivity contribution in [2.75, 3.05) is 14.2 Å². The topological polar surface area (TPSA) is 52.6 Å². The molecule has 0 aliphatic heterocycles. The van der Waals surface area contributed by atoms with E-state index in [0.29, 0.717) is 11.1 Å². The van der Waals surface area contributed by atoms with Crippen molar-refractivity contribution >= 4 is 17.5 Å². The van der Waals surface area contributed by atoms with Gasteiger partial charge in [0.1, 0.15) is 0 Å². The van der Waals surface area contributed by atoms with Crippen molar-refractivity contribution in [3.8, 4) is 11.1 Å². The van der Waals surface area contributed by atoms with Gasteiger partial charge in [-0.3, -0.25) is 0 Å². The van der Waals surface area contributed by atoms with Crippen molar-refractivity contribution in [2.24, 2.45) is 0 Å². The van der Waals surface area contributed by atoms with Crippen LogP contribution in [0.25, 0.3) is 16.7 Å². The second kappa shape index (κ2) is 6.42. The van der Waals surface area contributed by atoms with Crippen molar-refractivity contribution in [3.05, 3.63) is 100 Å². The van der Waals surface area contributed by atoms with E-state index in [1.807, 2.05) is 55.5 Å². The van der Waals surface area contributed by atoms with Gasteiger partial charge in [0.05, 0.1) is 30.8 Å². The molecule has 30 heavy (non-hydrogen) atoms. The van der Waals surface area contributed by atoms with Gasteiger partial charge in [0.25, 0.3) is 0 Å². The van der Waals surface area contributed by atoms with Crippen molar-refractivity contribution in [1.82, 2.24) is 0 Å². The fourth-order valence-corrected chi connectivity index (χ4v) is 5.11. The quantitative estimate of drug-likeness (QED) is 0.602. The zero-order chi connectivity index (χ0) is 21.0. The lowest BCUT2D eigenvalue weighted by atomic mass is 9.69. The Kier molecular flexibility index (Phi) is 3.93. The number of fused-ring (bicyclic) bond motifs is 7. The first-order valence-corrected chi connectivity index (χ1v) is 9.78. The molecule has 4 nitrogen and oxygen atoms in total. The van der Waals surface area contributed by atoms with Crippen LogP contribution in [-0.4, -0.2) is 26.2 Å². The molecule has 4 heteroatoms. The Morgan fingerprint density at radius 3 is 1.83 bits per heavy atom. The van der Waals surface area contributed by atoms with Gasteiger partial charge in [0.2, 0.25) is 0 Å². The third-order valence-corrected chi connectivity index (χ3v) is 6.20. The van der Waals surface area contributed by atoms with E-state index in [1.165, 1.54) is 14.2 Å². The summed E-state index contributed by atoms with van der Waals surface area (Å²) < 4.78 is 10.4. The van der Waals surface area contributed by atoms with Gasteiger partial charge < -0.3 is 9.47 Å². The zero-order valence-electron chi connectivity index (χ0n) is 17.0. The molecule has 0 saturated carbocycles. The summed E-state index contributed by atoms with van der Waals surface area (Å²) in [5.74, 6) is -1.07. The molecule has 0 atom stereocenters. The van der Waals surface area contributed by atoms with Gasteiger partial charge in [0, 0.05) is 0 Å². The first-order valence-electron chi connectivity index (χ1n) is 9.78. The predicted octanol–water partition coefficient (Wildman–Crippen LogP) is 4.42. The van der Waals surface area contributed by atoms with Crippen LogP contribution in [0.3, 0.4) is 0 Å². The molecule has 0 unspecified atom stereocenters. The van der Waals surface area contributed by atoms with Gasteiger partial charge in [-0.2, -0.15) is 0 Å². The summed E-state index contributed by atoms with van der Waals surface area (Å²) in [5.41, 5.74) is 6.35. The number of esters is 2. The van der Waals surface area contributed by atoms with Crippen molar-refractivity contribution < 1.29 is 19.1 Å². The molecule has 0 aromatic heterocycles. The smallest absolute Gasteiger partial charge is 0.339 e. The molecular formula is C26H20O4. The minimum Gasteiger partial charge on any atom is -0.466 e. The van der Waals surface area contributed by atoms with E-state index in [9.17, 15) is 9.59 Å². The third kappa shape index (κ3) is 2.11. The number of carbonyl (C=O) groups excluding carboxylic acids is 2. The van der Waals surface area contributed by atoms with Gasteiger partial charge in [0.15, 0.2) is 0 Å². The summed E-state index contributed by atoms with van der Waals surface area (Å²) in [4.78, 5) is 26.3. The second-order valence-corrected chi connectivity index (χ2v) is 7.62. The Hall–Kier alpha value is -3.66. The number of rotatable bonds is 2. The lowest BCUT2D eigenvalue weighted by molar-refractivity contribution is -0.138. The molecule has 1 spiro atoms. The first-order chi connectivity index (χ1) is 14.6. The number of ether oxygens (including phenoxy) is 2. The van der Waals surface area contributed by atoms with Gasteiger partial charge in [-0.1, -0.05) is 72.3 Å². The summed E-state index contributed by atoms with van der Waals surface area (Å²) in [7, 11) is 2.68. The van der Waals surface area contributed by atoms with Crippen LogP contribution in [0.4, 0.5) is 0 Å². The van der Waals surface area contributed by atoms with E-state index in [0.717, 1.165) is 33.4 Å². The maximum Gasteiger partial charge on any atom is 0.339 e. The Morgan fingerprint density at radius 2 is 1.27 bits per heavy atom. The maximum absolute atomic E-state index is 13.3. The third-order valence-electron chi connectivity index (χ3n) is 6.20. The van der Waals surface area contributed by atoms with E-state index < -0.39 is 17.4 Å². The highest BCUT2D eigenvalue weighted by Crippen LogP contribution is 2.62. The van der Waals surface area contributed by atoms with Gasteiger partial charge >= 0.3 is 11.9 Å². The molecule has 2 aliphatic carbocycles. The molecule has 2 aliphatic rings. The van der Waals surface area contributed by atoms with Crippen LogP contribution in [0, 0.1) is 6.92 Å². The number of methoxy groups -OCH3 is 2. The van der Waals surface area contributed by atoms with E-state index in [4.69, 9.17) is 9.47 Å². The summed E-state index contributed by atoms with van der Waals surface area (Å²) in [5, 5.41) is 0. The minimum absolute atomic E-state index is 0.269. The molecule has 0 heterocycles. The van der Waals surface area contributed by atoms with Crippen LogP contribution in [0.2, 0.25) is 0 Å². The van der Waals surface area contributed by atoms with Crippen LogP contribution >= 0.6 is 0 Å². The molecule has 3 aromatic rings. The Labute approximate surface area is 174 Å². The largest absolute Gasteiger partial charge is 0.466 e. The van der Waals surface area contributed by atoms with Gasteiger partial charge in [-0.05, 0) is 40.3 Å². The molecule has 5 rings (SSSR count). The summed E-state index contributed by atoms with van der Waals surface area (Å²) >= 11 is 0. The average Bonchev–Trinajstić information content (AvgIpc) is 3.24.